The number of carbonyl (C=O) groups is 2. The standard InChI is InChI=1S/C40H47Cl2FN4O7/c1-6-24-19-44(39(50)54-40(2,3)4)12-13-46(24)27-14-31(41)35(32(42)15-27)37(48)45-18-23-8-7-9-28(36(23)53-22-45)29-17-34(30(16-33(29)43)38(49)51-5)47-25-10-11-26(47)21-52-20-25/h7-9,14-17,24-26,38,49H,6,10-13,18-22H2,1-5H3/t24-,25?,26?,38?/m1/s1. The number of hydrogen-bond donors (Lipinski definition) is 1. The van der Waals surface area contributed by atoms with E-state index in [1.165, 1.54) is 18.1 Å². The highest BCUT2D eigenvalue weighted by Gasteiger charge is 2.40. The Morgan fingerprint density at radius 3 is 2.37 bits per heavy atom. The molecule has 3 unspecified atom stereocenters. The van der Waals surface area contributed by atoms with Gasteiger partial charge in [0, 0.05) is 66.4 Å². The van der Waals surface area contributed by atoms with Gasteiger partial charge in [-0.25, -0.2) is 9.18 Å². The van der Waals surface area contributed by atoms with Crippen LogP contribution in [0.15, 0.2) is 42.5 Å². The lowest BCUT2D eigenvalue weighted by molar-refractivity contribution is -0.0769. The molecule has 0 saturated carbocycles. The summed E-state index contributed by atoms with van der Waals surface area (Å²) in [6.45, 7) is 10.3. The second-order valence-corrected chi connectivity index (χ2v) is 16.2. The average Bonchev–Trinajstić information content (AvgIpc) is 3.38. The van der Waals surface area contributed by atoms with Crippen LogP contribution in [0.4, 0.5) is 20.6 Å². The Bertz CT molecular complexity index is 1890. The highest BCUT2D eigenvalue weighted by atomic mass is 35.5. The summed E-state index contributed by atoms with van der Waals surface area (Å²) in [6, 6.07) is 12.3. The van der Waals surface area contributed by atoms with Crippen molar-refractivity contribution < 1.29 is 38.0 Å². The van der Waals surface area contributed by atoms with Gasteiger partial charge in [0.2, 0.25) is 0 Å². The third-order valence-electron chi connectivity index (χ3n) is 10.7. The highest BCUT2D eigenvalue weighted by Crippen LogP contribution is 2.45. The van der Waals surface area contributed by atoms with Crippen LogP contribution in [0.1, 0.15) is 74.7 Å². The summed E-state index contributed by atoms with van der Waals surface area (Å²) in [5, 5.41) is 11.2. The molecule has 2 amide bonds. The Balaban J connectivity index is 1.12. The molecule has 54 heavy (non-hydrogen) atoms. The van der Waals surface area contributed by atoms with Crippen molar-refractivity contribution in [1.29, 1.82) is 0 Å². The molecule has 4 atom stereocenters. The van der Waals surface area contributed by atoms with E-state index in [-0.39, 0.29) is 53.1 Å². The van der Waals surface area contributed by atoms with Gasteiger partial charge in [0.15, 0.2) is 13.0 Å². The normalized spacial score (nSPS) is 21.8. The van der Waals surface area contributed by atoms with Gasteiger partial charge in [-0.05, 0) is 64.3 Å². The predicted octanol–water partition coefficient (Wildman–Crippen LogP) is 7.63. The van der Waals surface area contributed by atoms with E-state index in [0.29, 0.717) is 66.5 Å². The molecule has 0 aliphatic carbocycles. The smallest absolute Gasteiger partial charge is 0.410 e. The SMILES string of the molecule is CC[C@@H]1CN(C(=O)OC(C)(C)C)CCN1c1cc(Cl)c(C(=O)N2COc3c(cccc3-c3cc(N4C5CCC4COC5)c(C(O)OC)cc3F)C2)c(Cl)c1. The van der Waals surface area contributed by atoms with Crippen LogP contribution in [0.3, 0.4) is 0 Å². The Morgan fingerprint density at radius 1 is 1.02 bits per heavy atom. The third kappa shape index (κ3) is 7.43. The Kier molecular flexibility index (Phi) is 11.0. The number of benzene rings is 3. The number of methoxy groups -OCH3 is 1. The van der Waals surface area contributed by atoms with Gasteiger partial charge in [-0.2, -0.15) is 0 Å². The van der Waals surface area contributed by atoms with Gasteiger partial charge in [0.1, 0.15) is 17.2 Å². The number of fused-ring (bicyclic) bond motifs is 3. The van der Waals surface area contributed by atoms with Crippen LogP contribution in [0.5, 0.6) is 5.75 Å². The van der Waals surface area contributed by atoms with Crippen molar-refractivity contribution >= 4 is 46.6 Å². The van der Waals surface area contributed by atoms with E-state index in [1.807, 2.05) is 32.9 Å². The van der Waals surface area contributed by atoms with E-state index in [2.05, 4.69) is 16.7 Å². The first-order valence-corrected chi connectivity index (χ1v) is 19.2. The molecule has 3 aromatic rings. The molecule has 0 spiro atoms. The molecule has 4 aliphatic rings. The first kappa shape index (κ1) is 38.5. The van der Waals surface area contributed by atoms with E-state index < -0.39 is 23.6 Å². The van der Waals surface area contributed by atoms with Crippen LogP contribution in [0.25, 0.3) is 11.1 Å². The van der Waals surface area contributed by atoms with E-state index in [1.54, 1.807) is 29.2 Å². The number of carbonyl (C=O) groups excluding carboxylic acids is 2. The maximum Gasteiger partial charge on any atom is 0.410 e. The molecule has 4 aliphatic heterocycles. The molecule has 1 N–H and O–H groups in total. The molecule has 7 rings (SSSR count). The van der Waals surface area contributed by atoms with Crippen molar-refractivity contribution in [2.75, 3.05) is 56.5 Å². The minimum atomic E-state index is -1.30. The lowest BCUT2D eigenvalue weighted by atomic mass is 9.96. The van der Waals surface area contributed by atoms with Crippen LogP contribution in [0.2, 0.25) is 10.0 Å². The molecule has 14 heteroatoms. The van der Waals surface area contributed by atoms with Crippen molar-refractivity contribution in [3.63, 3.8) is 0 Å². The second-order valence-electron chi connectivity index (χ2n) is 15.3. The largest absolute Gasteiger partial charge is 0.472 e. The second kappa shape index (κ2) is 15.4. The summed E-state index contributed by atoms with van der Waals surface area (Å²) in [6.07, 6.45) is 0.999. The van der Waals surface area contributed by atoms with Crippen LogP contribution in [-0.2, 0) is 20.8 Å². The molecule has 4 heterocycles. The maximum absolute atomic E-state index is 16.0. The number of ether oxygens (including phenoxy) is 4. The number of halogens is 3. The lowest BCUT2D eigenvalue weighted by Gasteiger charge is -2.43. The fourth-order valence-corrected chi connectivity index (χ4v) is 8.73. The van der Waals surface area contributed by atoms with Gasteiger partial charge in [0.25, 0.3) is 5.91 Å². The van der Waals surface area contributed by atoms with Gasteiger partial charge in [-0.15, -0.1) is 0 Å². The highest BCUT2D eigenvalue weighted by molar-refractivity contribution is 6.40. The summed E-state index contributed by atoms with van der Waals surface area (Å²) >= 11 is 13.6. The maximum atomic E-state index is 16.0. The monoisotopic (exact) mass is 784 g/mol. The molecule has 290 valence electrons. The first-order chi connectivity index (χ1) is 25.8. The van der Waals surface area contributed by atoms with Crippen molar-refractivity contribution in [3.8, 4) is 16.9 Å². The van der Waals surface area contributed by atoms with E-state index in [4.69, 9.17) is 42.1 Å². The number of hydrogen-bond acceptors (Lipinski definition) is 9. The van der Waals surface area contributed by atoms with Crippen molar-refractivity contribution in [2.24, 2.45) is 0 Å². The van der Waals surface area contributed by atoms with Gasteiger partial charge >= 0.3 is 6.09 Å². The average molecular weight is 786 g/mol. The molecule has 2 bridgehead atoms. The van der Waals surface area contributed by atoms with Crippen molar-refractivity contribution in [1.82, 2.24) is 9.80 Å². The van der Waals surface area contributed by atoms with E-state index >= 15 is 4.39 Å². The summed E-state index contributed by atoms with van der Waals surface area (Å²) < 4.78 is 38.9. The zero-order valence-corrected chi connectivity index (χ0v) is 32.8. The van der Waals surface area contributed by atoms with Gasteiger partial charge in [0.05, 0.1) is 47.5 Å². The van der Waals surface area contributed by atoms with Gasteiger partial charge < -0.3 is 43.7 Å². The Labute approximate surface area is 325 Å². The number of morpholine rings is 1. The minimum Gasteiger partial charge on any atom is -0.472 e. The topological polar surface area (TPSA) is 104 Å². The van der Waals surface area contributed by atoms with Crippen LogP contribution in [-0.4, -0.2) is 97.3 Å². The van der Waals surface area contributed by atoms with Crippen LogP contribution >= 0.6 is 23.2 Å². The zero-order valence-electron chi connectivity index (χ0n) is 31.2. The number of aliphatic hydroxyl groups is 1. The first-order valence-electron chi connectivity index (χ1n) is 18.5. The molecule has 3 saturated heterocycles. The van der Waals surface area contributed by atoms with E-state index in [0.717, 1.165) is 24.9 Å². The third-order valence-corrected chi connectivity index (χ3v) is 11.3. The van der Waals surface area contributed by atoms with Crippen molar-refractivity contribution in [2.45, 2.75) is 83.5 Å². The number of amides is 2. The number of aliphatic hydroxyl groups excluding tert-OH is 1. The molecule has 3 aromatic carbocycles. The van der Waals surface area contributed by atoms with Crippen molar-refractivity contribution in [3.05, 3.63) is 75.0 Å². The summed E-state index contributed by atoms with van der Waals surface area (Å²) in [4.78, 5) is 34.4. The fraction of sp³-hybridized carbons (Fsp3) is 0.500. The van der Waals surface area contributed by atoms with E-state index in [9.17, 15) is 14.7 Å². The number of rotatable bonds is 7. The molecular formula is C40H47Cl2FN4O7. The summed E-state index contributed by atoms with van der Waals surface area (Å²) in [7, 11) is 1.39. The molecular weight excluding hydrogens is 738 g/mol. The number of para-hydroxylation sites is 1. The van der Waals surface area contributed by atoms with Gasteiger partial charge in [-0.3, -0.25) is 4.79 Å². The lowest BCUT2D eigenvalue weighted by Crippen LogP contribution is -2.55. The molecule has 0 radical (unpaired) electrons. The number of piperazine rings is 1. The molecule has 3 fully saturated rings. The fourth-order valence-electron chi connectivity index (χ4n) is 8.09. The van der Waals surface area contributed by atoms with Crippen LogP contribution in [0, 0.1) is 5.82 Å². The minimum absolute atomic E-state index is 0.00712. The van der Waals surface area contributed by atoms with Crippen LogP contribution < -0.4 is 14.5 Å². The number of nitrogens with zero attached hydrogens (tertiary/aromatic N) is 4. The van der Waals surface area contributed by atoms with Gasteiger partial charge in [-0.1, -0.05) is 48.3 Å². The zero-order chi connectivity index (χ0) is 38.5. The number of anilines is 2. The predicted molar refractivity (Wildman–Crippen MR) is 205 cm³/mol. The summed E-state index contributed by atoms with van der Waals surface area (Å²) in [5.41, 5.74) is 2.94. The molecule has 0 aromatic heterocycles. The quantitative estimate of drug-likeness (QED) is 0.242. The summed E-state index contributed by atoms with van der Waals surface area (Å²) in [5.74, 6) is -0.459. The molecule has 11 nitrogen and oxygen atoms in total. The Morgan fingerprint density at radius 2 is 1.72 bits per heavy atom. The Hall–Kier alpha value is -3.81.